The Kier molecular flexibility index (Phi) is 7.01. The maximum absolute atomic E-state index is 12.2. The Hall–Kier alpha value is -3.85. The number of urea groups is 1. The van der Waals surface area contributed by atoms with Crippen LogP contribution in [-0.4, -0.2) is 30.2 Å². The molecule has 0 aliphatic rings. The van der Waals surface area contributed by atoms with E-state index in [0.717, 1.165) is 16.9 Å². The average molecular weight is 408 g/mol. The number of carbonyl (C=O) groups is 1. The van der Waals surface area contributed by atoms with E-state index in [4.69, 9.17) is 15.2 Å². The fourth-order valence-electron chi connectivity index (χ4n) is 2.81. The van der Waals surface area contributed by atoms with Crippen molar-refractivity contribution < 1.29 is 14.3 Å². The number of anilines is 3. The smallest absolute Gasteiger partial charge is 0.324 e. The number of hydrogen-bond donors (Lipinski definition) is 4. The molecule has 3 aromatic rings. The third-order valence-corrected chi connectivity index (χ3v) is 4.26. The van der Waals surface area contributed by atoms with Crippen molar-refractivity contribution in [3.8, 4) is 11.5 Å². The lowest BCUT2D eigenvalue weighted by Crippen LogP contribution is -2.21. The molecule has 0 unspecified atom stereocenters. The van der Waals surface area contributed by atoms with Gasteiger partial charge in [0.1, 0.15) is 17.3 Å². The highest BCUT2D eigenvalue weighted by Gasteiger charge is 2.10. The number of ether oxygens (including phenoxy) is 2. The lowest BCUT2D eigenvalue weighted by molar-refractivity contribution is 0.262. The van der Waals surface area contributed by atoms with Crippen LogP contribution in [0.25, 0.3) is 0 Å². The summed E-state index contributed by atoms with van der Waals surface area (Å²) in [6.45, 7) is 1.29. The monoisotopic (exact) mass is 408 g/mol. The molecule has 156 valence electrons. The molecule has 0 fully saturated rings. The Balaban J connectivity index is 1.58. The summed E-state index contributed by atoms with van der Waals surface area (Å²) in [5.41, 5.74) is 8.11. The van der Waals surface area contributed by atoms with Crippen LogP contribution in [0.5, 0.6) is 11.5 Å². The molecule has 5 N–H and O–H groups in total. The minimum absolute atomic E-state index is 0.275. The van der Waals surface area contributed by atoms with Crippen LogP contribution < -0.4 is 31.2 Å². The molecule has 0 radical (unpaired) electrons. The van der Waals surface area contributed by atoms with Crippen molar-refractivity contribution >= 4 is 23.4 Å². The summed E-state index contributed by atoms with van der Waals surface area (Å²) in [4.78, 5) is 20.1. The number of nitrogens with two attached hydrogens (primary N) is 1. The summed E-state index contributed by atoms with van der Waals surface area (Å²) in [5, 5.41) is 8.71. The molecule has 1 heterocycles. The summed E-state index contributed by atoms with van der Waals surface area (Å²) in [5.74, 6) is 1.96. The van der Waals surface area contributed by atoms with Crippen molar-refractivity contribution in [2.24, 2.45) is 0 Å². The average Bonchev–Trinajstić information content (AvgIpc) is 2.76. The van der Waals surface area contributed by atoms with Gasteiger partial charge in [0.05, 0.1) is 32.3 Å². The summed E-state index contributed by atoms with van der Waals surface area (Å²) >= 11 is 0. The maximum Gasteiger partial charge on any atom is 0.324 e. The van der Waals surface area contributed by atoms with Crippen LogP contribution in [0.3, 0.4) is 0 Å². The Morgan fingerprint density at radius 2 is 1.77 bits per heavy atom. The zero-order chi connectivity index (χ0) is 21.3. The van der Waals surface area contributed by atoms with Gasteiger partial charge in [0.25, 0.3) is 0 Å². The molecule has 0 saturated heterocycles. The second kappa shape index (κ2) is 10.1. The van der Waals surface area contributed by atoms with E-state index in [0.29, 0.717) is 24.5 Å². The van der Waals surface area contributed by atoms with Gasteiger partial charge < -0.3 is 25.8 Å². The summed E-state index contributed by atoms with van der Waals surface area (Å²) in [6.07, 6.45) is 2.74. The normalized spacial score (nSPS) is 10.3. The van der Waals surface area contributed by atoms with Crippen LogP contribution in [0.2, 0.25) is 0 Å². The zero-order valence-electron chi connectivity index (χ0n) is 16.8. The molecule has 0 aliphatic carbocycles. The van der Waals surface area contributed by atoms with Crippen LogP contribution in [0.15, 0.2) is 54.9 Å². The van der Waals surface area contributed by atoms with Crippen molar-refractivity contribution in [3.05, 3.63) is 66.0 Å². The first-order valence-corrected chi connectivity index (χ1v) is 9.24. The van der Waals surface area contributed by atoms with E-state index in [1.54, 1.807) is 20.3 Å². The minimum Gasteiger partial charge on any atom is -0.496 e. The number of benzene rings is 2. The Bertz CT molecular complexity index is 994. The van der Waals surface area contributed by atoms with Gasteiger partial charge in [-0.25, -0.2) is 14.8 Å². The number of aromatic nitrogens is 2. The topological polar surface area (TPSA) is 123 Å². The van der Waals surface area contributed by atoms with Crippen molar-refractivity contribution in [1.29, 1.82) is 0 Å². The maximum atomic E-state index is 12.2. The standard InChI is InChI=1S/C21H24N6O3/c1-29-17-6-4-3-5-15(17)11-23-10-14-7-8-16(18(9-14)30-2)26-21(28)27-20-13-24-19(22)12-25-20/h3-9,12-13,23H,10-11H2,1-2H3,(H2,22,24)(H2,25,26,27,28). The van der Waals surface area contributed by atoms with Crippen LogP contribution in [0.4, 0.5) is 22.1 Å². The summed E-state index contributed by atoms with van der Waals surface area (Å²) in [7, 11) is 3.21. The number of rotatable bonds is 8. The Labute approximate surface area is 174 Å². The van der Waals surface area contributed by atoms with Gasteiger partial charge in [-0.2, -0.15) is 0 Å². The molecule has 3 rings (SSSR count). The van der Waals surface area contributed by atoms with E-state index in [1.807, 2.05) is 36.4 Å². The van der Waals surface area contributed by atoms with E-state index in [1.165, 1.54) is 12.4 Å². The van der Waals surface area contributed by atoms with Gasteiger partial charge in [-0.1, -0.05) is 24.3 Å². The zero-order valence-corrected chi connectivity index (χ0v) is 16.8. The first-order chi connectivity index (χ1) is 14.6. The molecule has 0 bridgehead atoms. The van der Waals surface area contributed by atoms with Crippen molar-refractivity contribution in [3.63, 3.8) is 0 Å². The van der Waals surface area contributed by atoms with Gasteiger partial charge >= 0.3 is 6.03 Å². The molecule has 2 aromatic carbocycles. The highest BCUT2D eigenvalue weighted by Crippen LogP contribution is 2.26. The number of amides is 2. The number of hydrogen-bond acceptors (Lipinski definition) is 7. The first kappa shape index (κ1) is 20.9. The predicted molar refractivity (Wildman–Crippen MR) is 116 cm³/mol. The second-order valence-corrected chi connectivity index (χ2v) is 6.36. The van der Waals surface area contributed by atoms with Crippen molar-refractivity contribution in [2.45, 2.75) is 13.1 Å². The number of methoxy groups -OCH3 is 2. The molecule has 30 heavy (non-hydrogen) atoms. The molecule has 0 atom stereocenters. The Morgan fingerprint density at radius 3 is 2.50 bits per heavy atom. The molecule has 9 nitrogen and oxygen atoms in total. The number of nitrogens with zero attached hydrogens (tertiary/aromatic N) is 2. The summed E-state index contributed by atoms with van der Waals surface area (Å²) < 4.78 is 10.8. The van der Waals surface area contributed by atoms with E-state index in [-0.39, 0.29) is 11.6 Å². The predicted octanol–water partition coefficient (Wildman–Crippen LogP) is 3.01. The van der Waals surface area contributed by atoms with Gasteiger partial charge in [0.2, 0.25) is 0 Å². The highest BCUT2D eigenvalue weighted by molar-refractivity contribution is 6.00. The van der Waals surface area contributed by atoms with Crippen LogP contribution in [0, 0.1) is 0 Å². The van der Waals surface area contributed by atoms with E-state index < -0.39 is 6.03 Å². The van der Waals surface area contributed by atoms with Crippen LogP contribution >= 0.6 is 0 Å². The SMILES string of the molecule is COc1ccccc1CNCc1ccc(NC(=O)Nc2cnc(N)cn2)c(OC)c1. The minimum atomic E-state index is -0.464. The van der Waals surface area contributed by atoms with Crippen molar-refractivity contribution in [1.82, 2.24) is 15.3 Å². The number of carbonyl (C=O) groups excluding carboxylic acids is 1. The molecular formula is C21H24N6O3. The molecule has 0 aliphatic heterocycles. The second-order valence-electron chi connectivity index (χ2n) is 6.36. The quantitative estimate of drug-likeness (QED) is 0.452. The van der Waals surface area contributed by atoms with E-state index in [2.05, 4.69) is 25.9 Å². The largest absolute Gasteiger partial charge is 0.496 e. The summed E-state index contributed by atoms with van der Waals surface area (Å²) in [6, 6.07) is 13.0. The van der Waals surface area contributed by atoms with Gasteiger partial charge in [-0.05, 0) is 23.8 Å². The van der Waals surface area contributed by atoms with Crippen LogP contribution in [0.1, 0.15) is 11.1 Å². The van der Waals surface area contributed by atoms with Gasteiger partial charge in [0, 0.05) is 18.7 Å². The third kappa shape index (κ3) is 5.58. The molecular weight excluding hydrogens is 384 g/mol. The first-order valence-electron chi connectivity index (χ1n) is 9.24. The lowest BCUT2D eigenvalue weighted by atomic mass is 10.1. The lowest BCUT2D eigenvalue weighted by Gasteiger charge is -2.13. The van der Waals surface area contributed by atoms with Gasteiger partial charge in [-0.3, -0.25) is 5.32 Å². The number of nitrogen functional groups attached to an aromatic ring is 1. The van der Waals surface area contributed by atoms with E-state index >= 15 is 0 Å². The van der Waals surface area contributed by atoms with Gasteiger partial charge in [-0.15, -0.1) is 0 Å². The highest BCUT2D eigenvalue weighted by atomic mass is 16.5. The molecule has 9 heteroatoms. The van der Waals surface area contributed by atoms with Crippen molar-refractivity contribution in [2.75, 3.05) is 30.6 Å². The third-order valence-electron chi connectivity index (χ3n) is 4.26. The number of nitrogens with one attached hydrogen (secondary N) is 3. The molecule has 0 saturated carbocycles. The Morgan fingerprint density at radius 1 is 0.967 bits per heavy atom. The molecule has 2 amide bonds. The van der Waals surface area contributed by atoms with Crippen LogP contribution in [-0.2, 0) is 13.1 Å². The van der Waals surface area contributed by atoms with E-state index in [9.17, 15) is 4.79 Å². The fourth-order valence-corrected chi connectivity index (χ4v) is 2.81. The molecule has 1 aromatic heterocycles. The fraction of sp³-hybridized carbons (Fsp3) is 0.190. The number of para-hydroxylation sites is 1. The van der Waals surface area contributed by atoms with Gasteiger partial charge in [0.15, 0.2) is 5.82 Å². The molecule has 0 spiro atoms.